The summed E-state index contributed by atoms with van der Waals surface area (Å²) in [5.74, 6) is 6.01. The fraction of sp³-hybridized carbons (Fsp3) is 0.308. The Labute approximate surface area is 104 Å². The number of aliphatic hydroxyl groups is 1. The smallest absolute Gasteiger partial charge is 0.185 e. The van der Waals surface area contributed by atoms with Gasteiger partial charge in [0.05, 0.1) is 6.61 Å². The maximum Gasteiger partial charge on any atom is 0.185 e. The summed E-state index contributed by atoms with van der Waals surface area (Å²) in [7, 11) is 0. The van der Waals surface area contributed by atoms with Crippen molar-refractivity contribution >= 4 is 16.9 Å². The van der Waals surface area contributed by atoms with Crippen molar-refractivity contribution in [1.82, 2.24) is 0 Å². The third-order valence-corrected chi connectivity index (χ3v) is 2.80. The van der Waals surface area contributed by atoms with E-state index in [1.54, 1.807) is 6.07 Å². The lowest BCUT2D eigenvalue weighted by Crippen LogP contribution is -1.90. The SMILES string of the molecule is CC(=O)SCCC#Cc1ccc(F)c(CO)c1. The first-order chi connectivity index (χ1) is 8.13. The minimum absolute atomic E-state index is 0.0798. The molecule has 0 bridgehead atoms. The highest BCUT2D eigenvalue weighted by atomic mass is 32.2. The van der Waals surface area contributed by atoms with Gasteiger partial charge in [0.1, 0.15) is 5.82 Å². The molecule has 90 valence electrons. The van der Waals surface area contributed by atoms with E-state index < -0.39 is 5.82 Å². The van der Waals surface area contributed by atoms with E-state index in [0.717, 1.165) is 0 Å². The van der Waals surface area contributed by atoms with Crippen molar-refractivity contribution < 1.29 is 14.3 Å². The van der Waals surface area contributed by atoms with Crippen molar-refractivity contribution in [3.05, 3.63) is 35.1 Å². The first-order valence-corrected chi connectivity index (χ1v) is 6.13. The number of carbonyl (C=O) groups is 1. The highest BCUT2D eigenvalue weighted by Gasteiger charge is 2.00. The van der Waals surface area contributed by atoms with E-state index in [1.807, 2.05) is 0 Å². The number of aliphatic hydroxyl groups excluding tert-OH is 1. The molecule has 0 aromatic heterocycles. The van der Waals surface area contributed by atoms with E-state index >= 15 is 0 Å². The molecule has 1 aromatic rings. The van der Waals surface area contributed by atoms with Gasteiger partial charge >= 0.3 is 0 Å². The van der Waals surface area contributed by atoms with E-state index in [0.29, 0.717) is 17.7 Å². The Hall–Kier alpha value is -1.31. The van der Waals surface area contributed by atoms with Crippen molar-refractivity contribution in [1.29, 1.82) is 0 Å². The predicted octanol–water partition coefficient (Wildman–Crippen LogP) is 2.34. The maximum absolute atomic E-state index is 13.1. The molecule has 2 nitrogen and oxygen atoms in total. The fourth-order valence-corrected chi connectivity index (χ4v) is 1.68. The second-order valence-electron chi connectivity index (χ2n) is 3.36. The molecule has 0 fully saturated rings. The lowest BCUT2D eigenvalue weighted by molar-refractivity contribution is -0.109. The van der Waals surface area contributed by atoms with Crippen molar-refractivity contribution in [2.24, 2.45) is 0 Å². The van der Waals surface area contributed by atoms with E-state index in [2.05, 4.69) is 11.8 Å². The summed E-state index contributed by atoms with van der Waals surface area (Å²) >= 11 is 1.24. The van der Waals surface area contributed by atoms with Gasteiger partial charge in [0, 0.05) is 30.2 Å². The highest BCUT2D eigenvalue weighted by molar-refractivity contribution is 8.13. The van der Waals surface area contributed by atoms with Gasteiger partial charge in [0.25, 0.3) is 0 Å². The second kappa shape index (κ2) is 7.10. The molecule has 1 rings (SSSR count). The summed E-state index contributed by atoms with van der Waals surface area (Å²) in [6, 6.07) is 4.39. The quantitative estimate of drug-likeness (QED) is 0.662. The summed E-state index contributed by atoms with van der Waals surface area (Å²) < 4.78 is 13.1. The standard InChI is InChI=1S/C13H13FO2S/c1-10(16)17-7-3-2-4-11-5-6-13(14)12(8-11)9-15/h5-6,8,15H,3,7,9H2,1H3. The fourth-order valence-electron chi connectivity index (χ4n) is 1.18. The number of rotatable bonds is 3. The molecule has 1 aromatic carbocycles. The van der Waals surface area contributed by atoms with Gasteiger partial charge in [-0.3, -0.25) is 4.79 Å². The molecular formula is C13H13FO2S. The molecule has 0 aliphatic rings. The Balaban J connectivity index is 2.57. The first kappa shape index (κ1) is 13.8. The average molecular weight is 252 g/mol. The van der Waals surface area contributed by atoms with Gasteiger partial charge < -0.3 is 5.11 Å². The van der Waals surface area contributed by atoms with Crippen LogP contribution < -0.4 is 0 Å². The number of benzene rings is 1. The van der Waals surface area contributed by atoms with Crippen LogP contribution in [0, 0.1) is 17.7 Å². The Kier molecular flexibility index (Phi) is 5.75. The predicted molar refractivity (Wildman–Crippen MR) is 67.0 cm³/mol. The molecule has 1 N–H and O–H groups in total. The van der Waals surface area contributed by atoms with Crippen LogP contribution in [0.25, 0.3) is 0 Å². The largest absolute Gasteiger partial charge is 0.392 e. The molecule has 0 unspecified atom stereocenters. The van der Waals surface area contributed by atoms with Crippen LogP contribution in [0.3, 0.4) is 0 Å². The van der Waals surface area contributed by atoms with E-state index in [4.69, 9.17) is 5.11 Å². The van der Waals surface area contributed by atoms with Gasteiger partial charge in [-0.25, -0.2) is 4.39 Å². The Bertz CT molecular complexity index is 460. The van der Waals surface area contributed by atoms with Gasteiger partial charge in [-0.05, 0) is 18.2 Å². The molecule has 0 amide bonds. The van der Waals surface area contributed by atoms with Crippen LogP contribution in [-0.4, -0.2) is 16.0 Å². The third-order valence-electron chi connectivity index (χ3n) is 1.98. The zero-order valence-electron chi connectivity index (χ0n) is 9.50. The van der Waals surface area contributed by atoms with Crippen LogP contribution in [0.4, 0.5) is 4.39 Å². The summed E-state index contributed by atoms with van der Waals surface area (Å²) in [4.78, 5) is 10.6. The van der Waals surface area contributed by atoms with Crippen LogP contribution in [0.2, 0.25) is 0 Å². The lowest BCUT2D eigenvalue weighted by Gasteiger charge is -1.98. The number of halogens is 1. The third kappa shape index (κ3) is 5.03. The van der Waals surface area contributed by atoms with Crippen molar-refractivity contribution in [2.75, 3.05) is 5.75 Å². The molecule has 0 radical (unpaired) electrons. The molecule has 0 saturated carbocycles. The van der Waals surface area contributed by atoms with Gasteiger partial charge in [-0.15, -0.1) is 0 Å². The Morgan fingerprint density at radius 1 is 1.53 bits per heavy atom. The zero-order chi connectivity index (χ0) is 12.7. The van der Waals surface area contributed by atoms with E-state index in [-0.39, 0.29) is 17.3 Å². The van der Waals surface area contributed by atoms with Crippen LogP contribution >= 0.6 is 11.8 Å². The van der Waals surface area contributed by atoms with Crippen molar-refractivity contribution in [3.63, 3.8) is 0 Å². The number of thioether (sulfide) groups is 1. The van der Waals surface area contributed by atoms with Gasteiger partial charge in [0.2, 0.25) is 0 Å². The highest BCUT2D eigenvalue weighted by Crippen LogP contribution is 2.10. The molecule has 0 atom stereocenters. The average Bonchev–Trinajstić information content (AvgIpc) is 2.30. The van der Waals surface area contributed by atoms with Gasteiger partial charge in [0.15, 0.2) is 5.12 Å². The van der Waals surface area contributed by atoms with Gasteiger partial charge in [-0.1, -0.05) is 23.6 Å². The maximum atomic E-state index is 13.1. The summed E-state index contributed by atoms with van der Waals surface area (Å²) in [6.45, 7) is 1.19. The lowest BCUT2D eigenvalue weighted by atomic mass is 10.1. The topological polar surface area (TPSA) is 37.3 Å². The minimum Gasteiger partial charge on any atom is -0.392 e. The number of carbonyl (C=O) groups excluding carboxylic acids is 1. The normalized spacial score (nSPS) is 9.59. The molecular weight excluding hydrogens is 239 g/mol. The minimum atomic E-state index is -0.426. The molecule has 4 heteroatoms. The number of hydrogen-bond donors (Lipinski definition) is 1. The molecule has 0 heterocycles. The summed E-state index contributed by atoms with van der Waals surface area (Å²) in [5.41, 5.74) is 0.915. The van der Waals surface area contributed by atoms with Crippen LogP contribution in [0.5, 0.6) is 0 Å². The monoisotopic (exact) mass is 252 g/mol. The second-order valence-corrected chi connectivity index (χ2v) is 4.63. The Morgan fingerprint density at radius 2 is 2.29 bits per heavy atom. The van der Waals surface area contributed by atoms with Crippen LogP contribution in [0.15, 0.2) is 18.2 Å². The zero-order valence-corrected chi connectivity index (χ0v) is 10.3. The molecule has 17 heavy (non-hydrogen) atoms. The van der Waals surface area contributed by atoms with Crippen LogP contribution in [-0.2, 0) is 11.4 Å². The molecule has 0 aliphatic heterocycles. The van der Waals surface area contributed by atoms with Crippen molar-refractivity contribution in [2.45, 2.75) is 20.0 Å². The Morgan fingerprint density at radius 3 is 2.94 bits per heavy atom. The van der Waals surface area contributed by atoms with E-state index in [1.165, 1.54) is 30.8 Å². The van der Waals surface area contributed by atoms with Crippen LogP contribution in [0.1, 0.15) is 24.5 Å². The summed E-state index contributed by atoms with van der Waals surface area (Å²) in [6.07, 6.45) is 0.607. The molecule has 0 aliphatic carbocycles. The molecule has 0 saturated heterocycles. The van der Waals surface area contributed by atoms with E-state index in [9.17, 15) is 9.18 Å². The molecule has 0 spiro atoms. The van der Waals surface area contributed by atoms with Crippen molar-refractivity contribution in [3.8, 4) is 11.8 Å². The number of hydrogen-bond acceptors (Lipinski definition) is 3. The summed E-state index contributed by atoms with van der Waals surface area (Å²) in [5, 5.41) is 8.96. The van der Waals surface area contributed by atoms with Gasteiger partial charge in [-0.2, -0.15) is 0 Å². The first-order valence-electron chi connectivity index (χ1n) is 5.15.